The summed E-state index contributed by atoms with van der Waals surface area (Å²) < 4.78 is 0.500. The summed E-state index contributed by atoms with van der Waals surface area (Å²) in [6.45, 7) is 0.0374. The van der Waals surface area contributed by atoms with Crippen LogP contribution >= 0.6 is 15.9 Å². The number of aromatic nitrogens is 1. The first kappa shape index (κ1) is 13.0. The lowest BCUT2D eigenvalue weighted by molar-refractivity contribution is -0.141. The maximum absolute atomic E-state index is 12.2. The molecule has 7 heteroatoms. The molecule has 2 heterocycles. The van der Waals surface area contributed by atoms with Crippen molar-refractivity contribution >= 4 is 27.8 Å². The highest BCUT2D eigenvalue weighted by molar-refractivity contribution is 9.10. The zero-order valence-corrected chi connectivity index (χ0v) is 10.9. The monoisotopic (exact) mass is 314 g/mol. The summed E-state index contributed by atoms with van der Waals surface area (Å²) in [6.07, 6.45) is 0.729. The van der Waals surface area contributed by atoms with Gasteiger partial charge in [0.25, 0.3) is 5.91 Å². The van der Waals surface area contributed by atoms with E-state index in [1.165, 1.54) is 23.2 Å². The van der Waals surface area contributed by atoms with Crippen molar-refractivity contribution in [2.75, 3.05) is 6.54 Å². The first-order chi connectivity index (χ1) is 8.49. The van der Waals surface area contributed by atoms with E-state index in [-0.39, 0.29) is 13.0 Å². The van der Waals surface area contributed by atoms with Crippen molar-refractivity contribution in [2.24, 2.45) is 0 Å². The van der Waals surface area contributed by atoms with Gasteiger partial charge in [-0.25, -0.2) is 9.78 Å². The van der Waals surface area contributed by atoms with Gasteiger partial charge < -0.3 is 15.1 Å². The Kier molecular flexibility index (Phi) is 3.63. The van der Waals surface area contributed by atoms with Gasteiger partial charge in [-0.15, -0.1) is 0 Å². The van der Waals surface area contributed by atoms with Crippen LogP contribution in [0.4, 0.5) is 0 Å². The first-order valence-corrected chi connectivity index (χ1v) is 6.11. The van der Waals surface area contributed by atoms with Gasteiger partial charge in [0, 0.05) is 24.7 Å². The molecule has 1 saturated heterocycles. The predicted octanol–water partition coefficient (Wildman–Crippen LogP) is 0.504. The number of β-amino-alcohol motifs (C(OH)–C–C–N with tert-alkyl or cyclic N) is 1. The summed E-state index contributed by atoms with van der Waals surface area (Å²) in [4.78, 5) is 28.3. The number of amides is 1. The number of pyridine rings is 1. The van der Waals surface area contributed by atoms with Crippen molar-refractivity contribution in [2.45, 2.75) is 18.6 Å². The molecule has 0 aromatic carbocycles. The Morgan fingerprint density at radius 2 is 2.22 bits per heavy atom. The second kappa shape index (κ2) is 5.03. The van der Waals surface area contributed by atoms with Gasteiger partial charge in [0.05, 0.1) is 6.10 Å². The zero-order chi connectivity index (χ0) is 13.3. The number of aliphatic carboxylic acids is 1. The number of aliphatic hydroxyl groups excluding tert-OH is 1. The molecule has 0 radical (unpaired) electrons. The van der Waals surface area contributed by atoms with E-state index < -0.39 is 24.0 Å². The van der Waals surface area contributed by atoms with E-state index in [1.54, 1.807) is 0 Å². The molecule has 0 bridgehead atoms. The maximum atomic E-state index is 12.2. The third kappa shape index (κ3) is 2.51. The number of aliphatic hydroxyl groups is 1. The summed E-state index contributed by atoms with van der Waals surface area (Å²) >= 11 is 3.15. The zero-order valence-electron chi connectivity index (χ0n) is 9.28. The molecule has 0 saturated carbocycles. The number of nitrogens with zero attached hydrogens (tertiary/aromatic N) is 2. The van der Waals surface area contributed by atoms with Gasteiger partial charge in [-0.05, 0) is 28.1 Å². The second-order valence-electron chi connectivity index (χ2n) is 4.07. The number of rotatable bonds is 2. The van der Waals surface area contributed by atoms with E-state index in [2.05, 4.69) is 20.9 Å². The van der Waals surface area contributed by atoms with Crippen molar-refractivity contribution in [3.05, 3.63) is 28.5 Å². The Morgan fingerprint density at radius 1 is 1.50 bits per heavy atom. The lowest BCUT2D eigenvalue weighted by atomic mass is 10.2. The average Bonchev–Trinajstić information content (AvgIpc) is 2.70. The smallest absolute Gasteiger partial charge is 0.326 e. The molecule has 0 unspecified atom stereocenters. The minimum atomic E-state index is -1.10. The molecule has 1 aromatic rings. The molecule has 96 valence electrons. The molecule has 2 atom stereocenters. The molecule has 1 aromatic heterocycles. The third-order valence-electron chi connectivity index (χ3n) is 2.80. The molecular formula is C11H11BrN2O4. The van der Waals surface area contributed by atoms with Crippen LogP contribution in [-0.2, 0) is 4.79 Å². The van der Waals surface area contributed by atoms with Crippen molar-refractivity contribution in [3.63, 3.8) is 0 Å². The second-order valence-corrected chi connectivity index (χ2v) is 4.88. The SMILES string of the molecule is O=C(O)[C@@H]1C[C@@H](O)CN1C(=O)c1ccnc(Br)c1. The average molecular weight is 315 g/mol. The van der Waals surface area contributed by atoms with Crippen LogP contribution in [0, 0.1) is 0 Å². The number of halogens is 1. The lowest BCUT2D eigenvalue weighted by Crippen LogP contribution is -2.40. The standard InChI is InChI=1S/C11H11BrN2O4/c12-9-3-6(1-2-13-9)10(16)14-5-7(15)4-8(14)11(17)18/h1-3,7-8,15H,4-5H2,(H,17,18)/t7-,8+/m1/s1. The lowest BCUT2D eigenvalue weighted by Gasteiger charge is -2.21. The molecule has 2 rings (SSSR count). The van der Waals surface area contributed by atoms with Gasteiger partial charge in [0.15, 0.2) is 0 Å². The number of hydrogen-bond donors (Lipinski definition) is 2. The molecule has 0 aliphatic carbocycles. The van der Waals surface area contributed by atoms with Crippen molar-refractivity contribution < 1.29 is 19.8 Å². The minimum Gasteiger partial charge on any atom is -0.480 e. The Morgan fingerprint density at radius 3 is 2.83 bits per heavy atom. The fraction of sp³-hybridized carbons (Fsp3) is 0.364. The van der Waals surface area contributed by atoms with E-state index in [0.717, 1.165) is 0 Å². The van der Waals surface area contributed by atoms with Crippen molar-refractivity contribution in [1.29, 1.82) is 0 Å². The Labute approximate surface area is 111 Å². The van der Waals surface area contributed by atoms with Crippen LogP contribution in [0.2, 0.25) is 0 Å². The van der Waals surface area contributed by atoms with Crippen LogP contribution in [0.1, 0.15) is 16.8 Å². The van der Waals surface area contributed by atoms with Crippen LogP contribution < -0.4 is 0 Å². The molecule has 6 nitrogen and oxygen atoms in total. The molecule has 1 aliphatic heterocycles. The molecule has 1 aliphatic rings. The van der Waals surface area contributed by atoms with E-state index in [1.807, 2.05) is 0 Å². The summed E-state index contributed by atoms with van der Waals surface area (Å²) in [5, 5.41) is 18.5. The molecule has 2 N–H and O–H groups in total. The van der Waals surface area contributed by atoms with Gasteiger partial charge in [-0.1, -0.05) is 0 Å². The first-order valence-electron chi connectivity index (χ1n) is 5.32. The third-order valence-corrected chi connectivity index (χ3v) is 3.23. The van der Waals surface area contributed by atoms with Crippen LogP contribution in [0.25, 0.3) is 0 Å². The number of carboxylic acids is 1. The number of carbonyl (C=O) groups excluding carboxylic acids is 1. The van der Waals surface area contributed by atoms with Gasteiger partial charge in [-0.2, -0.15) is 0 Å². The van der Waals surface area contributed by atoms with Crippen molar-refractivity contribution in [3.8, 4) is 0 Å². The van der Waals surface area contributed by atoms with Crippen LogP contribution in [0.15, 0.2) is 22.9 Å². The molecule has 18 heavy (non-hydrogen) atoms. The Balaban J connectivity index is 2.25. The largest absolute Gasteiger partial charge is 0.480 e. The highest BCUT2D eigenvalue weighted by atomic mass is 79.9. The topological polar surface area (TPSA) is 90.7 Å². The van der Waals surface area contributed by atoms with E-state index in [9.17, 15) is 14.7 Å². The number of carboxylic acid groups (broad SMARTS) is 1. The summed E-state index contributed by atoms with van der Waals surface area (Å²) in [5.74, 6) is -1.52. The fourth-order valence-electron chi connectivity index (χ4n) is 1.97. The molecule has 1 amide bonds. The van der Waals surface area contributed by atoms with Crippen LogP contribution in [-0.4, -0.2) is 50.7 Å². The summed E-state index contributed by atoms with van der Waals surface area (Å²) in [7, 11) is 0. The van der Waals surface area contributed by atoms with E-state index in [4.69, 9.17) is 5.11 Å². The van der Waals surface area contributed by atoms with E-state index >= 15 is 0 Å². The van der Waals surface area contributed by atoms with Crippen LogP contribution in [0.5, 0.6) is 0 Å². The van der Waals surface area contributed by atoms with Gasteiger partial charge in [-0.3, -0.25) is 4.79 Å². The number of hydrogen-bond acceptors (Lipinski definition) is 4. The van der Waals surface area contributed by atoms with Gasteiger partial charge in [0.1, 0.15) is 10.6 Å². The fourth-order valence-corrected chi connectivity index (χ4v) is 2.34. The van der Waals surface area contributed by atoms with Crippen molar-refractivity contribution in [1.82, 2.24) is 9.88 Å². The van der Waals surface area contributed by atoms with Gasteiger partial charge >= 0.3 is 5.97 Å². The van der Waals surface area contributed by atoms with Crippen LogP contribution in [0.3, 0.4) is 0 Å². The number of likely N-dealkylation sites (tertiary alicyclic amines) is 1. The highest BCUT2D eigenvalue weighted by Crippen LogP contribution is 2.21. The summed E-state index contributed by atoms with van der Waals surface area (Å²) in [6, 6.07) is 2.06. The Hall–Kier alpha value is -1.47. The quantitative estimate of drug-likeness (QED) is 0.776. The predicted molar refractivity (Wildman–Crippen MR) is 65.0 cm³/mol. The molecule has 1 fully saturated rings. The van der Waals surface area contributed by atoms with E-state index in [0.29, 0.717) is 10.2 Å². The normalized spacial score (nSPS) is 23.1. The maximum Gasteiger partial charge on any atom is 0.326 e. The Bertz CT molecular complexity index is 494. The number of carbonyl (C=O) groups is 2. The molecule has 0 spiro atoms. The minimum absolute atomic E-state index is 0.0374. The highest BCUT2D eigenvalue weighted by Gasteiger charge is 2.39. The summed E-state index contributed by atoms with van der Waals surface area (Å²) in [5.41, 5.74) is 0.345. The van der Waals surface area contributed by atoms with Gasteiger partial charge in [0.2, 0.25) is 0 Å². The molecular weight excluding hydrogens is 304 g/mol.